The highest BCUT2D eigenvalue weighted by Gasteiger charge is 2.32. The van der Waals surface area contributed by atoms with Crippen molar-refractivity contribution >= 4 is 27.7 Å². The number of amides is 2. The zero-order valence-corrected chi connectivity index (χ0v) is 11.7. The summed E-state index contributed by atoms with van der Waals surface area (Å²) in [5.74, 6) is -0.343. The van der Waals surface area contributed by atoms with Gasteiger partial charge in [-0.25, -0.2) is 0 Å². The maximum atomic E-state index is 12.1. The zero-order valence-electron chi connectivity index (χ0n) is 10.1. The van der Waals surface area contributed by atoms with Crippen LogP contribution >= 0.6 is 15.9 Å². The molecule has 2 saturated heterocycles. The molecule has 0 saturated carbocycles. The van der Waals surface area contributed by atoms with Crippen molar-refractivity contribution in [1.29, 1.82) is 0 Å². The smallest absolute Gasteiger partial charge is 0.246 e. The van der Waals surface area contributed by atoms with Gasteiger partial charge >= 0.3 is 0 Å². The van der Waals surface area contributed by atoms with Crippen molar-refractivity contribution in [2.45, 2.75) is 4.83 Å². The number of halogens is 1. The van der Waals surface area contributed by atoms with Crippen molar-refractivity contribution in [2.75, 3.05) is 52.6 Å². The van der Waals surface area contributed by atoms with E-state index >= 15 is 0 Å². The van der Waals surface area contributed by atoms with E-state index in [-0.39, 0.29) is 11.8 Å². The summed E-state index contributed by atoms with van der Waals surface area (Å²) in [6, 6.07) is 0. The third kappa shape index (κ3) is 3.21. The van der Waals surface area contributed by atoms with Gasteiger partial charge in [0.15, 0.2) is 4.83 Å². The molecule has 0 spiro atoms. The van der Waals surface area contributed by atoms with Gasteiger partial charge in [0.05, 0.1) is 26.4 Å². The van der Waals surface area contributed by atoms with E-state index in [0.717, 1.165) is 0 Å². The monoisotopic (exact) mass is 320 g/mol. The molecule has 6 nitrogen and oxygen atoms in total. The average Bonchev–Trinajstić information content (AvgIpc) is 2.47. The van der Waals surface area contributed by atoms with Crippen LogP contribution in [0.2, 0.25) is 0 Å². The van der Waals surface area contributed by atoms with Gasteiger partial charge in [-0.1, -0.05) is 15.9 Å². The Balaban J connectivity index is 1.90. The van der Waals surface area contributed by atoms with Crippen molar-refractivity contribution in [3.63, 3.8) is 0 Å². The van der Waals surface area contributed by atoms with Crippen molar-refractivity contribution in [3.05, 3.63) is 0 Å². The van der Waals surface area contributed by atoms with E-state index < -0.39 is 4.83 Å². The summed E-state index contributed by atoms with van der Waals surface area (Å²) in [4.78, 5) is 26.8. The number of hydrogen-bond acceptors (Lipinski definition) is 4. The minimum atomic E-state index is -0.784. The standard InChI is InChI=1S/C11H17BrN2O4/c12-9(10(15)13-1-5-17-6-2-13)11(16)14-3-7-18-8-4-14/h9H,1-8H2. The van der Waals surface area contributed by atoms with Crippen LogP contribution in [0.15, 0.2) is 0 Å². The average molecular weight is 321 g/mol. The van der Waals surface area contributed by atoms with Crippen molar-refractivity contribution in [3.8, 4) is 0 Å². The van der Waals surface area contributed by atoms with Gasteiger partial charge in [-0.3, -0.25) is 9.59 Å². The molecule has 0 bridgehead atoms. The molecule has 7 heteroatoms. The van der Waals surface area contributed by atoms with E-state index in [9.17, 15) is 9.59 Å². The predicted octanol–water partition coefficient (Wildman–Crippen LogP) is -0.532. The lowest BCUT2D eigenvalue weighted by Crippen LogP contribution is -2.51. The van der Waals surface area contributed by atoms with E-state index in [1.165, 1.54) is 0 Å². The van der Waals surface area contributed by atoms with Gasteiger partial charge < -0.3 is 19.3 Å². The lowest BCUT2D eigenvalue weighted by molar-refractivity contribution is -0.143. The Bertz CT molecular complexity index is 284. The Morgan fingerprint density at radius 3 is 1.50 bits per heavy atom. The summed E-state index contributed by atoms with van der Waals surface area (Å²) in [5.41, 5.74) is 0. The summed E-state index contributed by atoms with van der Waals surface area (Å²) in [5, 5.41) is 0. The summed E-state index contributed by atoms with van der Waals surface area (Å²) in [7, 11) is 0. The third-order valence-electron chi connectivity index (χ3n) is 3.08. The molecule has 0 N–H and O–H groups in total. The number of morpholine rings is 2. The fourth-order valence-electron chi connectivity index (χ4n) is 1.99. The summed E-state index contributed by atoms with van der Waals surface area (Å²) >= 11 is 3.22. The third-order valence-corrected chi connectivity index (χ3v) is 3.86. The number of carbonyl (C=O) groups is 2. The van der Waals surface area contributed by atoms with E-state index in [1.54, 1.807) is 9.80 Å². The number of nitrogens with zero attached hydrogens (tertiary/aromatic N) is 2. The second-order valence-electron chi connectivity index (χ2n) is 4.24. The molecule has 102 valence electrons. The van der Waals surface area contributed by atoms with E-state index in [2.05, 4.69) is 15.9 Å². The molecule has 0 atom stereocenters. The fraction of sp³-hybridized carbons (Fsp3) is 0.818. The first-order valence-electron chi connectivity index (χ1n) is 6.07. The van der Waals surface area contributed by atoms with E-state index in [4.69, 9.17) is 9.47 Å². The normalized spacial score (nSPS) is 21.2. The van der Waals surface area contributed by atoms with Crippen LogP contribution < -0.4 is 0 Å². The fourth-order valence-corrected chi connectivity index (χ4v) is 2.57. The molecule has 0 radical (unpaired) electrons. The van der Waals surface area contributed by atoms with Crippen molar-refractivity contribution in [2.24, 2.45) is 0 Å². The van der Waals surface area contributed by atoms with Crippen molar-refractivity contribution in [1.82, 2.24) is 9.80 Å². The molecule has 2 aliphatic rings. The Hall–Kier alpha value is -0.660. The summed E-state index contributed by atoms with van der Waals surface area (Å²) in [6.45, 7) is 4.37. The molecular formula is C11H17BrN2O4. The lowest BCUT2D eigenvalue weighted by Gasteiger charge is -2.32. The van der Waals surface area contributed by atoms with Crippen LogP contribution in [0, 0.1) is 0 Å². The highest BCUT2D eigenvalue weighted by Crippen LogP contribution is 2.12. The molecule has 2 heterocycles. The second-order valence-corrected chi connectivity index (χ2v) is 5.15. The SMILES string of the molecule is O=C(C(Br)C(=O)N1CCOCC1)N1CCOCC1. The maximum Gasteiger partial charge on any atom is 0.246 e. The van der Waals surface area contributed by atoms with Crippen LogP contribution in [-0.4, -0.2) is 79.0 Å². The molecule has 0 unspecified atom stereocenters. The van der Waals surface area contributed by atoms with Gasteiger partial charge in [0, 0.05) is 26.2 Å². The highest BCUT2D eigenvalue weighted by molar-refractivity contribution is 9.10. The van der Waals surface area contributed by atoms with E-state index in [1.807, 2.05) is 0 Å². The van der Waals surface area contributed by atoms with Gasteiger partial charge in [0.25, 0.3) is 0 Å². The Labute approximate surface area is 114 Å². The van der Waals surface area contributed by atoms with Gasteiger partial charge in [-0.15, -0.1) is 0 Å². The van der Waals surface area contributed by atoms with Crippen LogP contribution in [0.5, 0.6) is 0 Å². The topological polar surface area (TPSA) is 59.1 Å². The molecular weight excluding hydrogens is 304 g/mol. The van der Waals surface area contributed by atoms with Crippen LogP contribution in [0.3, 0.4) is 0 Å². The summed E-state index contributed by atoms with van der Waals surface area (Å²) in [6.07, 6.45) is 0. The minimum Gasteiger partial charge on any atom is -0.378 e. The van der Waals surface area contributed by atoms with Gasteiger partial charge in [0.1, 0.15) is 0 Å². The number of hydrogen-bond donors (Lipinski definition) is 0. The molecule has 2 rings (SSSR count). The predicted molar refractivity (Wildman–Crippen MR) is 67.5 cm³/mol. The van der Waals surface area contributed by atoms with Crippen LogP contribution in [0.25, 0.3) is 0 Å². The molecule has 0 aliphatic carbocycles. The van der Waals surface area contributed by atoms with Gasteiger partial charge in [-0.2, -0.15) is 0 Å². The minimum absolute atomic E-state index is 0.171. The van der Waals surface area contributed by atoms with Crippen LogP contribution in [0.1, 0.15) is 0 Å². The maximum absolute atomic E-state index is 12.1. The molecule has 18 heavy (non-hydrogen) atoms. The molecule has 0 aromatic heterocycles. The lowest BCUT2D eigenvalue weighted by atomic mass is 10.2. The van der Waals surface area contributed by atoms with Gasteiger partial charge in [-0.05, 0) is 0 Å². The highest BCUT2D eigenvalue weighted by atomic mass is 79.9. The quantitative estimate of drug-likeness (QED) is 0.507. The van der Waals surface area contributed by atoms with Crippen LogP contribution in [0.4, 0.5) is 0 Å². The Morgan fingerprint density at radius 1 is 0.833 bits per heavy atom. The first-order valence-corrected chi connectivity index (χ1v) is 6.99. The Morgan fingerprint density at radius 2 is 1.17 bits per heavy atom. The first-order chi connectivity index (χ1) is 8.70. The van der Waals surface area contributed by atoms with Crippen LogP contribution in [-0.2, 0) is 19.1 Å². The summed E-state index contributed by atoms with van der Waals surface area (Å²) < 4.78 is 10.4. The largest absolute Gasteiger partial charge is 0.378 e. The number of alkyl halides is 1. The molecule has 2 fully saturated rings. The molecule has 0 aromatic rings. The van der Waals surface area contributed by atoms with Gasteiger partial charge in [0.2, 0.25) is 11.8 Å². The second kappa shape index (κ2) is 6.49. The molecule has 0 aromatic carbocycles. The first kappa shape index (κ1) is 13.8. The Kier molecular flexibility index (Phi) is 4.96. The van der Waals surface area contributed by atoms with E-state index in [0.29, 0.717) is 52.6 Å². The van der Waals surface area contributed by atoms with Crippen molar-refractivity contribution < 1.29 is 19.1 Å². The number of carbonyl (C=O) groups excluding carboxylic acids is 2. The molecule has 2 aliphatic heterocycles. The zero-order chi connectivity index (χ0) is 13.0. The number of ether oxygens (including phenoxy) is 2. The molecule has 2 amide bonds. The number of rotatable bonds is 2.